The zero-order valence-corrected chi connectivity index (χ0v) is 15.0. The van der Waals surface area contributed by atoms with Crippen molar-refractivity contribution in [3.05, 3.63) is 29.8 Å². The molecule has 1 aromatic rings. The lowest BCUT2D eigenvalue weighted by Crippen LogP contribution is -2.45. The predicted molar refractivity (Wildman–Crippen MR) is 90.4 cm³/mol. The molecule has 1 N–H and O–H groups in total. The molecule has 1 aliphatic rings. The minimum absolute atomic E-state index is 0.0520. The van der Waals surface area contributed by atoms with Gasteiger partial charge in [0.1, 0.15) is 5.75 Å². The number of sulfonamides is 1. The third-order valence-corrected chi connectivity index (χ3v) is 5.94. The number of rotatable bonds is 7. The SMILES string of the molecule is Cc1ccccc1OCC(=O)N[C@@H]1COC[C@H]1CS(=O)(=O)N(C)C. The number of hydrogen-bond donors (Lipinski definition) is 1. The molecule has 1 aromatic carbocycles. The van der Waals surface area contributed by atoms with E-state index in [0.717, 1.165) is 5.56 Å². The van der Waals surface area contributed by atoms with Gasteiger partial charge in [-0.25, -0.2) is 12.7 Å². The van der Waals surface area contributed by atoms with Gasteiger partial charge in [-0.3, -0.25) is 4.79 Å². The molecule has 0 spiro atoms. The smallest absolute Gasteiger partial charge is 0.258 e. The monoisotopic (exact) mass is 356 g/mol. The standard InChI is InChI=1S/C16H24N2O5S/c1-12-6-4-5-7-15(12)23-10-16(19)17-14-9-22-8-13(14)11-24(20,21)18(2)3/h4-7,13-14H,8-11H2,1-3H3,(H,17,19)/t13-,14+/m0/s1. The number of hydrogen-bond acceptors (Lipinski definition) is 5. The van der Waals surface area contributed by atoms with Gasteiger partial charge in [-0.05, 0) is 18.6 Å². The Bertz CT molecular complexity index is 675. The van der Waals surface area contributed by atoms with Gasteiger partial charge in [-0.1, -0.05) is 18.2 Å². The van der Waals surface area contributed by atoms with Gasteiger partial charge in [-0.2, -0.15) is 0 Å². The zero-order valence-electron chi connectivity index (χ0n) is 14.2. The van der Waals surface area contributed by atoms with Crippen molar-refractivity contribution >= 4 is 15.9 Å². The van der Waals surface area contributed by atoms with Crippen LogP contribution in [0.1, 0.15) is 5.56 Å². The highest BCUT2D eigenvalue weighted by Gasteiger charge is 2.34. The maximum Gasteiger partial charge on any atom is 0.258 e. The van der Waals surface area contributed by atoms with E-state index in [0.29, 0.717) is 19.0 Å². The van der Waals surface area contributed by atoms with Crippen molar-refractivity contribution < 1.29 is 22.7 Å². The summed E-state index contributed by atoms with van der Waals surface area (Å²) in [6, 6.07) is 7.11. The summed E-state index contributed by atoms with van der Waals surface area (Å²) in [4.78, 5) is 12.1. The van der Waals surface area contributed by atoms with E-state index in [2.05, 4.69) is 5.32 Å². The van der Waals surface area contributed by atoms with E-state index in [-0.39, 0.29) is 30.2 Å². The number of carbonyl (C=O) groups excluding carboxylic acids is 1. The highest BCUT2D eigenvalue weighted by molar-refractivity contribution is 7.89. The first kappa shape index (κ1) is 18.7. The number of ether oxygens (including phenoxy) is 2. The number of carbonyl (C=O) groups is 1. The first-order chi connectivity index (χ1) is 11.3. The molecular weight excluding hydrogens is 332 g/mol. The zero-order chi connectivity index (χ0) is 17.7. The van der Waals surface area contributed by atoms with E-state index in [9.17, 15) is 13.2 Å². The Labute approximate surface area is 143 Å². The number of nitrogens with one attached hydrogen (secondary N) is 1. The van der Waals surface area contributed by atoms with Gasteiger partial charge in [0.15, 0.2) is 6.61 Å². The van der Waals surface area contributed by atoms with Crippen LogP contribution in [0.15, 0.2) is 24.3 Å². The fourth-order valence-electron chi connectivity index (χ4n) is 2.45. The molecule has 2 rings (SSSR count). The van der Waals surface area contributed by atoms with E-state index in [4.69, 9.17) is 9.47 Å². The van der Waals surface area contributed by atoms with Crippen molar-refractivity contribution in [3.8, 4) is 5.75 Å². The molecule has 0 aliphatic carbocycles. The Balaban J connectivity index is 1.87. The molecule has 1 amide bonds. The number of amides is 1. The van der Waals surface area contributed by atoms with Crippen LogP contribution in [0.2, 0.25) is 0 Å². The average molecular weight is 356 g/mol. The molecular formula is C16H24N2O5S. The molecule has 0 radical (unpaired) electrons. The van der Waals surface area contributed by atoms with Gasteiger partial charge in [-0.15, -0.1) is 0 Å². The Morgan fingerprint density at radius 2 is 2.04 bits per heavy atom. The van der Waals surface area contributed by atoms with E-state index in [1.807, 2.05) is 25.1 Å². The molecule has 1 fully saturated rings. The molecule has 1 saturated heterocycles. The third kappa shape index (κ3) is 4.93. The number of benzene rings is 1. The van der Waals surface area contributed by atoms with Crippen molar-refractivity contribution in [3.63, 3.8) is 0 Å². The Kier molecular flexibility index (Phi) is 6.20. The van der Waals surface area contributed by atoms with Crippen LogP contribution in [0.25, 0.3) is 0 Å². The summed E-state index contributed by atoms with van der Waals surface area (Å²) >= 11 is 0. The first-order valence-corrected chi connectivity index (χ1v) is 9.36. The molecule has 1 heterocycles. The van der Waals surface area contributed by atoms with Crippen molar-refractivity contribution in [2.45, 2.75) is 13.0 Å². The van der Waals surface area contributed by atoms with E-state index in [1.165, 1.54) is 18.4 Å². The van der Waals surface area contributed by atoms with Crippen molar-refractivity contribution in [1.29, 1.82) is 0 Å². The molecule has 8 heteroatoms. The van der Waals surface area contributed by atoms with Gasteiger partial charge < -0.3 is 14.8 Å². The molecule has 134 valence electrons. The van der Waals surface area contributed by atoms with Crippen LogP contribution in [-0.4, -0.2) is 64.3 Å². The van der Waals surface area contributed by atoms with E-state index < -0.39 is 10.0 Å². The van der Waals surface area contributed by atoms with Crippen LogP contribution in [0.5, 0.6) is 5.75 Å². The lowest BCUT2D eigenvalue weighted by atomic mass is 10.1. The molecule has 1 aliphatic heterocycles. The van der Waals surface area contributed by atoms with Crippen LogP contribution in [0.4, 0.5) is 0 Å². The van der Waals surface area contributed by atoms with Gasteiger partial charge in [0.25, 0.3) is 5.91 Å². The number of nitrogens with zero attached hydrogens (tertiary/aromatic N) is 1. The molecule has 7 nitrogen and oxygen atoms in total. The van der Waals surface area contributed by atoms with Crippen LogP contribution < -0.4 is 10.1 Å². The second-order valence-corrected chi connectivity index (χ2v) is 8.31. The fourth-order valence-corrected chi connectivity index (χ4v) is 3.62. The maximum absolute atomic E-state index is 12.1. The minimum Gasteiger partial charge on any atom is -0.484 e. The Morgan fingerprint density at radius 1 is 1.33 bits per heavy atom. The van der Waals surface area contributed by atoms with Crippen molar-refractivity contribution in [1.82, 2.24) is 9.62 Å². The second kappa shape index (κ2) is 7.96. The fraction of sp³-hybridized carbons (Fsp3) is 0.562. The van der Waals surface area contributed by atoms with Crippen molar-refractivity contribution in [2.75, 3.05) is 39.7 Å². The van der Waals surface area contributed by atoms with Crippen molar-refractivity contribution in [2.24, 2.45) is 5.92 Å². The lowest BCUT2D eigenvalue weighted by Gasteiger charge is -2.21. The summed E-state index contributed by atoms with van der Waals surface area (Å²) < 4.78 is 36.0. The predicted octanol–water partition coefficient (Wildman–Crippen LogP) is 0.396. The third-order valence-electron chi connectivity index (χ3n) is 3.98. The topological polar surface area (TPSA) is 84.9 Å². The summed E-state index contributed by atoms with van der Waals surface area (Å²) in [6.07, 6.45) is 0. The molecule has 24 heavy (non-hydrogen) atoms. The van der Waals surface area contributed by atoms with Gasteiger partial charge in [0, 0.05) is 20.0 Å². The van der Waals surface area contributed by atoms with Crippen LogP contribution >= 0.6 is 0 Å². The lowest BCUT2D eigenvalue weighted by molar-refractivity contribution is -0.124. The summed E-state index contributed by atoms with van der Waals surface area (Å²) in [5.74, 6) is 0.0479. The number of aryl methyl sites for hydroxylation is 1. The normalized spacial score (nSPS) is 21.0. The summed E-state index contributed by atoms with van der Waals surface area (Å²) in [7, 11) is -0.351. The van der Waals surface area contributed by atoms with Gasteiger partial charge in [0.2, 0.25) is 10.0 Å². The van der Waals surface area contributed by atoms with E-state index in [1.54, 1.807) is 6.07 Å². The summed E-state index contributed by atoms with van der Waals surface area (Å²) in [5, 5.41) is 2.81. The largest absolute Gasteiger partial charge is 0.484 e. The quantitative estimate of drug-likeness (QED) is 0.764. The summed E-state index contributed by atoms with van der Waals surface area (Å²) in [6.45, 7) is 2.41. The Hall–Kier alpha value is -1.64. The highest BCUT2D eigenvalue weighted by Crippen LogP contribution is 2.18. The van der Waals surface area contributed by atoms with Gasteiger partial charge in [0.05, 0.1) is 25.0 Å². The summed E-state index contributed by atoms with van der Waals surface area (Å²) in [5.41, 5.74) is 0.949. The molecule has 0 saturated carbocycles. The van der Waals surface area contributed by atoms with Crippen LogP contribution in [0, 0.1) is 12.8 Å². The molecule has 0 aromatic heterocycles. The minimum atomic E-state index is -3.34. The Morgan fingerprint density at radius 3 is 2.71 bits per heavy atom. The average Bonchev–Trinajstić information content (AvgIpc) is 2.92. The molecule has 0 bridgehead atoms. The first-order valence-electron chi connectivity index (χ1n) is 7.75. The second-order valence-electron chi connectivity index (χ2n) is 6.09. The highest BCUT2D eigenvalue weighted by atomic mass is 32.2. The van der Waals surface area contributed by atoms with E-state index >= 15 is 0 Å². The van der Waals surface area contributed by atoms with Gasteiger partial charge >= 0.3 is 0 Å². The van der Waals surface area contributed by atoms with Crippen LogP contribution in [0.3, 0.4) is 0 Å². The molecule has 2 atom stereocenters. The maximum atomic E-state index is 12.1. The van der Waals surface area contributed by atoms with Crippen LogP contribution in [-0.2, 0) is 19.6 Å². The molecule has 0 unspecified atom stereocenters. The number of para-hydroxylation sites is 1.